The standard InChI is InChI=1S/C117H67BN4O4/c119-68-69-48-57-102-87(60-69)83-30-7-18-43-101(83)120(102)75-53-56-97-104(67-75)122(100-42-17-6-25-77(100)73-50-55-96-113(66-73)125-111-47-22-15-40-94(111)117(96)91-37-12-3-28-81(91)82-29-4-13-38-92(82)117)106-64-74(70-52-59-109-88(61-70)85-32-9-19-44-107(85)123-109)63-105-114(106)118(97)98-62-71(78-33-23-34-86-84-31-8-20-45-108(84)126-115(78)86)51-58-103(98)121(105)99-41-16-5-24-76(99)72-49-54-95-112(65-72)124-110-46-21-14-39-93(110)116(95)89-35-10-1-26-79(89)80-27-2-11-36-90(80)116/h1-67H/i7D,18D,30D,43D,48D,57D,60D. The second-order valence-electron chi connectivity index (χ2n) is 33.6. The van der Waals surface area contributed by atoms with Gasteiger partial charge in [-0.15, -0.1) is 0 Å². The molecule has 0 unspecified atom stereocenters. The summed E-state index contributed by atoms with van der Waals surface area (Å²) in [6.07, 6.45) is 0. The molecule has 6 aliphatic rings. The Labute approximate surface area is 734 Å². The van der Waals surface area contributed by atoms with Gasteiger partial charge in [-0.25, -0.2) is 0 Å². The molecule has 582 valence electrons. The number of anilines is 6. The van der Waals surface area contributed by atoms with E-state index in [1.807, 2.05) is 60.7 Å². The zero-order valence-electron chi connectivity index (χ0n) is 74.1. The van der Waals surface area contributed by atoms with Crippen LogP contribution in [0.2, 0.25) is 0 Å². The smallest absolute Gasteiger partial charge is 0.252 e. The number of ether oxygens (including phenoxy) is 2. The Hall–Kier alpha value is -16.7. The minimum Gasteiger partial charge on any atom is -0.457 e. The highest BCUT2D eigenvalue weighted by Crippen LogP contribution is 2.65. The lowest BCUT2D eigenvalue weighted by molar-refractivity contribution is 0.436. The van der Waals surface area contributed by atoms with Gasteiger partial charge in [0.2, 0.25) is 0 Å². The molecule has 0 saturated carbocycles. The van der Waals surface area contributed by atoms with Crippen molar-refractivity contribution in [2.75, 3.05) is 9.80 Å². The number of aromatic nitrogens is 1. The molecule has 0 atom stereocenters. The van der Waals surface area contributed by atoms with Gasteiger partial charge in [-0.3, -0.25) is 0 Å². The van der Waals surface area contributed by atoms with Gasteiger partial charge < -0.3 is 32.7 Å². The molecular formula is C117H67BN4O4. The SMILES string of the molecule is [2H]c1c([2H])c([2H])c2c(c1[2H])c1c([2H])c(C#N)c([2H])c([2H])c1n2-c1ccc2c(c1)N(c1ccccc1-c1ccc3c(c1)Oc1ccccc1C31c3ccccc3-c3ccccc31)c1cc(-c3ccc4oc5ccccc5c4c3)cc3c1B2c1cc(-c2cccc4c2oc2ccccc24)ccc1N3c1ccccc1-c1ccc2c(c1)Oc1ccccc1C21c2ccccc2-c2ccccc21. The van der Waals surface area contributed by atoms with E-state index in [4.69, 9.17) is 18.3 Å². The maximum absolute atomic E-state index is 10.8. The fraction of sp³-hybridized carbons (Fsp3) is 0.0171. The van der Waals surface area contributed by atoms with Gasteiger partial charge in [-0.05, 0) is 204 Å². The Bertz CT molecular complexity index is 9030. The first-order valence-corrected chi connectivity index (χ1v) is 42.6. The Morgan fingerprint density at radius 2 is 0.770 bits per heavy atom. The highest BCUT2D eigenvalue weighted by Gasteiger charge is 2.54. The first-order valence-electron chi connectivity index (χ1n) is 46.1. The van der Waals surface area contributed by atoms with Gasteiger partial charge in [0.25, 0.3) is 6.71 Å². The van der Waals surface area contributed by atoms with Crippen molar-refractivity contribution in [3.8, 4) is 102 Å². The highest BCUT2D eigenvalue weighted by atomic mass is 16.5. The number of fused-ring (bicyclic) bond motifs is 31. The maximum atomic E-state index is 10.8. The Balaban J connectivity index is 0.743. The molecule has 28 rings (SSSR count). The lowest BCUT2D eigenvalue weighted by atomic mass is 9.33. The van der Waals surface area contributed by atoms with E-state index in [2.05, 4.69) is 319 Å². The average Bonchev–Trinajstić information content (AvgIpc) is 1.57. The summed E-state index contributed by atoms with van der Waals surface area (Å²) in [4.78, 5) is 4.82. The van der Waals surface area contributed by atoms with Crippen LogP contribution in [0.4, 0.5) is 34.1 Å². The molecule has 126 heavy (non-hydrogen) atoms. The van der Waals surface area contributed by atoms with Gasteiger partial charge in [-0.2, -0.15) is 5.26 Å². The number of hydrogen-bond donors (Lipinski definition) is 0. The molecule has 0 fully saturated rings. The zero-order valence-corrected chi connectivity index (χ0v) is 67.1. The minimum atomic E-state index is -0.763. The molecule has 22 aromatic rings. The number of benzene rings is 19. The van der Waals surface area contributed by atoms with E-state index >= 15 is 0 Å². The van der Waals surface area contributed by atoms with E-state index < -0.39 is 59.8 Å². The van der Waals surface area contributed by atoms with Crippen LogP contribution in [0.1, 0.15) is 59.7 Å². The van der Waals surface area contributed by atoms with Crippen LogP contribution in [-0.4, -0.2) is 11.3 Å². The van der Waals surface area contributed by atoms with E-state index in [1.165, 1.54) is 22.3 Å². The first-order chi connectivity index (χ1) is 65.3. The van der Waals surface area contributed by atoms with Crippen LogP contribution >= 0.6 is 0 Å². The molecule has 0 bridgehead atoms. The van der Waals surface area contributed by atoms with Gasteiger partial charge in [0.15, 0.2) is 0 Å². The van der Waals surface area contributed by atoms with Crippen LogP contribution in [0.3, 0.4) is 0 Å². The van der Waals surface area contributed by atoms with E-state index in [-0.39, 0.29) is 27.4 Å². The molecule has 7 heterocycles. The van der Waals surface area contributed by atoms with Crippen LogP contribution < -0.4 is 35.7 Å². The average molecular weight is 1610 g/mol. The zero-order chi connectivity index (χ0) is 88.4. The van der Waals surface area contributed by atoms with E-state index in [1.54, 1.807) is 4.57 Å². The number of para-hydroxylation sites is 8. The molecule has 8 nitrogen and oxygen atoms in total. The molecule has 4 aliphatic heterocycles. The predicted octanol–water partition coefficient (Wildman–Crippen LogP) is 28.1. The third-order valence-corrected chi connectivity index (χ3v) is 27.6. The summed E-state index contributed by atoms with van der Waals surface area (Å²) in [5, 5.41) is 14.6. The second-order valence-corrected chi connectivity index (χ2v) is 33.6. The molecule has 2 spiro atoms. The summed E-state index contributed by atoms with van der Waals surface area (Å²) in [5.74, 6) is 2.95. The van der Waals surface area contributed by atoms with Crippen molar-refractivity contribution in [3.05, 3.63) is 456 Å². The quantitative estimate of drug-likeness (QED) is 0.147. The predicted molar refractivity (Wildman–Crippen MR) is 511 cm³/mol. The Morgan fingerprint density at radius 3 is 1.39 bits per heavy atom. The van der Waals surface area contributed by atoms with Crippen LogP contribution in [0.15, 0.2) is 415 Å². The molecule has 0 saturated heterocycles. The summed E-state index contributed by atoms with van der Waals surface area (Å²) < 4.78 is 97.8. The minimum absolute atomic E-state index is 0.0148. The fourth-order valence-electron chi connectivity index (χ4n) is 22.6. The first kappa shape index (κ1) is 62.5. The number of hydrogen-bond acceptors (Lipinski definition) is 7. The van der Waals surface area contributed by atoms with E-state index in [9.17, 15) is 14.9 Å². The topological polar surface area (TPSA) is 79.9 Å². The summed E-state index contributed by atoms with van der Waals surface area (Å²) in [6, 6.07) is 128. The van der Waals surface area contributed by atoms with Crippen molar-refractivity contribution in [2.45, 2.75) is 10.8 Å². The van der Waals surface area contributed by atoms with Crippen molar-refractivity contribution < 1.29 is 27.9 Å². The van der Waals surface area contributed by atoms with Crippen molar-refractivity contribution in [1.29, 1.82) is 5.26 Å². The van der Waals surface area contributed by atoms with E-state index in [0.717, 1.165) is 195 Å². The normalized spacial score (nSPS) is 14.7. The van der Waals surface area contributed by atoms with Gasteiger partial charge >= 0.3 is 0 Å². The van der Waals surface area contributed by atoms with Crippen molar-refractivity contribution in [1.82, 2.24) is 4.57 Å². The van der Waals surface area contributed by atoms with Crippen LogP contribution in [-0.2, 0) is 10.8 Å². The van der Waals surface area contributed by atoms with Gasteiger partial charge in [-0.1, -0.05) is 291 Å². The maximum Gasteiger partial charge on any atom is 0.252 e. The number of nitriles is 1. The van der Waals surface area contributed by atoms with Gasteiger partial charge in [0.1, 0.15) is 45.3 Å². The lowest BCUT2D eigenvalue weighted by Crippen LogP contribution is -2.61. The van der Waals surface area contributed by atoms with Crippen LogP contribution in [0.5, 0.6) is 23.0 Å². The summed E-state index contributed by atoms with van der Waals surface area (Å²) >= 11 is 0. The summed E-state index contributed by atoms with van der Waals surface area (Å²) in [5.41, 5.74) is 29.7. The molecule has 3 aromatic heterocycles. The van der Waals surface area contributed by atoms with E-state index in [0.29, 0.717) is 17.1 Å². The lowest BCUT2D eigenvalue weighted by Gasteiger charge is -2.45. The fourth-order valence-corrected chi connectivity index (χ4v) is 22.6. The summed E-state index contributed by atoms with van der Waals surface area (Å²) in [7, 11) is 0. The molecule has 2 aliphatic carbocycles. The van der Waals surface area contributed by atoms with Crippen LogP contribution in [0.25, 0.3) is 138 Å². The molecule has 19 aromatic carbocycles. The molecule has 0 radical (unpaired) electrons. The third kappa shape index (κ3) is 9.24. The molecular weight excluding hydrogens is 1540 g/mol. The van der Waals surface area contributed by atoms with Gasteiger partial charge in [0.05, 0.1) is 54.5 Å². The number of rotatable bonds is 7. The number of nitrogens with zero attached hydrogens (tertiary/aromatic N) is 4. The monoisotopic (exact) mass is 1610 g/mol. The largest absolute Gasteiger partial charge is 0.457 e. The highest BCUT2D eigenvalue weighted by molar-refractivity contribution is 7.00. The molecule has 0 N–H and O–H groups in total. The molecule has 9 heteroatoms. The van der Waals surface area contributed by atoms with Crippen molar-refractivity contribution in [3.63, 3.8) is 0 Å². The Morgan fingerprint density at radius 1 is 0.294 bits per heavy atom. The Kier molecular flexibility index (Phi) is 12.7. The van der Waals surface area contributed by atoms with Crippen LogP contribution in [0, 0.1) is 11.3 Å². The van der Waals surface area contributed by atoms with Crippen molar-refractivity contribution >= 4 is 123 Å². The second kappa shape index (κ2) is 25.7. The number of furan rings is 2. The van der Waals surface area contributed by atoms with Crippen molar-refractivity contribution in [2.24, 2.45) is 0 Å². The summed E-state index contributed by atoms with van der Waals surface area (Å²) in [6.45, 7) is -0.628. The third-order valence-electron chi connectivity index (χ3n) is 27.6. The molecule has 0 amide bonds. The van der Waals surface area contributed by atoms with Gasteiger partial charge in [0, 0.05) is 99.7 Å².